The van der Waals surface area contributed by atoms with Crippen LogP contribution in [0.4, 0.5) is 4.39 Å². The Morgan fingerprint density at radius 1 is 1.15 bits per heavy atom. The van der Waals surface area contributed by atoms with Crippen LogP contribution in [-0.4, -0.2) is 26.2 Å². The van der Waals surface area contributed by atoms with Crippen LogP contribution in [0, 0.1) is 5.82 Å². The Balaban J connectivity index is 2.01. The minimum Gasteiger partial charge on any atom is -0.497 e. The number of rotatable bonds is 4. The maximum absolute atomic E-state index is 15.0. The van der Waals surface area contributed by atoms with Gasteiger partial charge in [0.2, 0.25) is 0 Å². The summed E-state index contributed by atoms with van der Waals surface area (Å²) in [6, 6.07) is 10.4. The van der Waals surface area contributed by atoms with E-state index in [1.807, 2.05) is 12.1 Å². The number of hydrogen-bond donors (Lipinski definition) is 1. The number of halogens is 1. The predicted molar refractivity (Wildman–Crippen MR) is 94.9 cm³/mol. The standard InChI is InChI=1S/C19H16FN3O3/c1-26-14-5-2-12(3-6-14)9-22-18-15(7-4-13(10-24)17(18)20)23-11-21-8-16(23)19(22)25/h2-8,11,24H,9-10H2,1H3. The molecule has 0 aliphatic heterocycles. The van der Waals surface area contributed by atoms with E-state index in [1.165, 1.54) is 23.2 Å². The molecule has 2 heterocycles. The van der Waals surface area contributed by atoms with E-state index in [9.17, 15) is 14.3 Å². The Morgan fingerprint density at radius 2 is 1.92 bits per heavy atom. The van der Waals surface area contributed by atoms with Crippen molar-refractivity contribution >= 4 is 16.6 Å². The third kappa shape index (κ3) is 2.44. The van der Waals surface area contributed by atoms with Gasteiger partial charge in [0.25, 0.3) is 5.56 Å². The van der Waals surface area contributed by atoms with E-state index in [-0.39, 0.29) is 23.2 Å². The van der Waals surface area contributed by atoms with E-state index >= 15 is 0 Å². The number of aliphatic hydroxyl groups excluding tert-OH is 1. The van der Waals surface area contributed by atoms with Gasteiger partial charge in [-0.05, 0) is 23.8 Å². The van der Waals surface area contributed by atoms with E-state index in [0.717, 1.165) is 5.56 Å². The monoisotopic (exact) mass is 353 g/mol. The zero-order valence-electron chi connectivity index (χ0n) is 14.0. The van der Waals surface area contributed by atoms with Crippen molar-refractivity contribution in [3.05, 3.63) is 76.2 Å². The van der Waals surface area contributed by atoms with Crippen LogP contribution in [0.15, 0.2) is 53.7 Å². The lowest BCUT2D eigenvalue weighted by Crippen LogP contribution is -2.24. The molecule has 0 bridgehead atoms. The summed E-state index contributed by atoms with van der Waals surface area (Å²) >= 11 is 0. The Labute approximate surface area is 147 Å². The molecule has 0 unspecified atom stereocenters. The Morgan fingerprint density at radius 3 is 2.62 bits per heavy atom. The predicted octanol–water partition coefficient (Wildman–Crippen LogP) is 2.34. The van der Waals surface area contributed by atoms with E-state index in [4.69, 9.17) is 4.74 Å². The topological polar surface area (TPSA) is 68.8 Å². The van der Waals surface area contributed by atoms with Gasteiger partial charge in [-0.3, -0.25) is 13.8 Å². The third-order valence-corrected chi connectivity index (χ3v) is 4.48. The number of fused-ring (bicyclic) bond motifs is 3. The first-order valence-corrected chi connectivity index (χ1v) is 8.03. The van der Waals surface area contributed by atoms with Crippen molar-refractivity contribution in [3.63, 3.8) is 0 Å². The van der Waals surface area contributed by atoms with Crippen LogP contribution in [0.2, 0.25) is 0 Å². The summed E-state index contributed by atoms with van der Waals surface area (Å²) in [6.45, 7) is -0.257. The van der Waals surface area contributed by atoms with Gasteiger partial charge in [-0.2, -0.15) is 0 Å². The lowest BCUT2D eigenvalue weighted by atomic mass is 10.1. The van der Waals surface area contributed by atoms with Gasteiger partial charge in [0.15, 0.2) is 5.82 Å². The first-order chi connectivity index (χ1) is 12.6. The van der Waals surface area contributed by atoms with Crippen LogP contribution in [0.5, 0.6) is 5.75 Å². The highest BCUT2D eigenvalue weighted by atomic mass is 19.1. The smallest absolute Gasteiger partial charge is 0.277 e. The van der Waals surface area contributed by atoms with Crippen molar-refractivity contribution in [2.24, 2.45) is 0 Å². The molecule has 2 aromatic heterocycles. The Kier molecular flexibility index (Phi) is 3.93. The molecule has 0 fully saturated rings. The highest BCUT2D eigenvalue weighted by molar-refractivity contribution is 5.80. The highest BCUT2D eigenvalue weighted by Gasteiger charge is 2.17. The Bertz CT molecular complexity index is 1160. The molecule has 0 atom stereocenters. The van der Waals surface area contributed by atoms with E-state index < -0.39 is 12.4 Å². The van der Waals surface area contributed by atoms with Crippen LogP contribution in [0.1, 0.15) is 11.1 Å². The van der Waals surface area contributed by atoms with Crippen molar-refractivity contribution < 1.29 is 14.2 Å². The van der Waals surface area contributed by atoms with Gasteiger partial charge in [0, 0.05) is 5.56 Å². The van der Waals surface area contributed by atoms with Crippen molar-refractivity contribution in [3.8, 4) is 5.75 Å². The zero-order valence-corrected chi connectivity index (χ0v) is 14.0. The molecule has 0 spiro atoms. The number of benzene rings is 2. The fourth-order valence-electron chi connectivity index (χ4n) is 3.12. The molecule has 7 heteroatoms. The fourth-order valence-corrected chi connectivity index (χ4v) is 3.12. The summed E-state index contributed by atoms with van der Waals surface area (Å²) in [7, 11) is 1.58. The molecular weight excluding hydrogens is 337 g/mol. The maximum Gasteiger partial charge on any atom is 0.277 e. The molecule has 0 radical (unpaired) electrons. The molecular formula is C19H16FN3O3. The van der Waals surface area contributed by atoms with Gasteiger partial charge in [-0.1, -0.05) is 18.2 Å². The molecule has 0 amide bonds. The quantitative estimate of drug-likeness (QED) is 0.611. The lowest BCUT2D eigenvalue weighted by Gasteiger charge is -2.15. The highest BCUT2D eigenvalue weighted by Crippen LogP contribution is 2.22. The van der Waals surface area contributed by atoms with Crippen LogP contribution in [-0.2, 0) is 13.2 Å². The van der Waals surface area contributed by atoms with Gasteiger partial charge >= 0.3 is 0 Å². The lowest BCUT2D eigenvalue weighted by molar-refractivity contribution is 0.276. The molecule has 6 nitrogen and oxygen atoms in total. The van der Waals surface area contributed by atoms with E-state index in [1.54, 1.807) is 29.7 Å². The van der Waals surface area contributed by atoms with Crippen molar-refractivity contribution in [1.29, 1.82) is 0 Å². The second-order valence-electron chi connectivity index (χ2n) is 5.95. The van der Waals surface area contributed by atoms with Gasteiger partial charge in [-0.15, -0.1) is 0 Å². The van der Waals surface area contributed by atoms with E-state index in [0.29, 0.717) is 16.8 Å². The summed E-state index contributed by atoms with van der Waals surface area (Å²) < 4.78 is 23.1. The number of nitrogens with zero attached hydrogens (tertiary/aromatic N) is 3. The fraction of sp³-hybridized carbons (Fsp3) is 0.158. The molecule has 4 aromatic rings. The molecule has 0 saturated heterocycles. The molecule has 1 N–H and O–H groups in total. The second kappa shape index (κ2) is 6.27. The van der Waals surface area contributed by atoms with Crippen LogP contribution in [0.3, 0.4) is 0 Å². The van der Waals surface area contributed by atoms with E-state index in [2.05, 4.69) is 4.98 Å². The summed E-state index contributed by atoms with van der Waals surface area (Å²) in [5, 5.41) is 9.40. The normalized spacial score (nSPS) is 11.3. The Hall–Kier alpha value is -3.19. The molecule has 2 aromatic carbocycles. The van der Waals surface area contributed by atoms with Crippen LogP contribution >= 0.6 is 0 Å². The number of ether oxygens (including phenoxy) is 1. The van der Waals surface area contributed by atoms with Gasteiger partial charge in [0.1, 0.15) is 16.8 Å². The molecule has 26 heavy (non-hydrogen) atoms. The minimum absolute atomic E-state index is 0.139. The van der Waals surface area contributed by atoms with Crippen molar-refractivity contribution in [2.45, 2.75) is 13.2 Å². The average molecular weight is 353 g/mol. The molecule has 0 saturated carbocycles. The van der Waals surface area contributed by atoms with Crippen molar-refractivity contribution in [2.75, 3.05) is 7.11 Å². The number of aromatic nitrogens is 3. The van der Waals surface area contributed by atoms with Crippen LogP contribution < -0.4 is 10.3 Å². The molecule has 0 aliphatic carbocycles. The number of methoxy groups -OCH3 is 1. The summed E-state index contributed by atoms with van der Waals surface area (Å²) in [5.41, 5.74) is 1.64. The van der Waals surface area contributed by atoms with Gasteiger partial charge in [0.05, 0.1) is 38.3 Å². The first kappa shape index (κ1) is 16.3. The molecule has 0 aliphatic rings. The summed E-state index contributed by atoms with van der Waals surface area (Å²) in [5.74, 6) is 0.0946. The number of aliphatic hydroxyl groups is 1. The second-order valence-corrected chi connectivity index (χ2v) is 5.95. The third-order valence-electron chi connectivity index (χ3n) is 4.48. The SMILES string of the molecule is COc1ccc(Cn2c(=O)c3cncn3c3ccc(CO)c(F)c32)cc1. The summed E-state index contributed by atoms with van der Waals surface area (Å²) in [4.78, 5) is 16.9. The average Bonchev–Trinajstić information content (AvgIpc) is 3.16. The molecule has 4 rings (SSSR count). The van der Waals surface area contributed by atoms with Crippen molar-refractivity contribution in [1.82, 2.24) is 14.0 Å². The number of imidazole rings is 1. The first-order valence-electron chi connectivity index (χ1n) is 8.03. The van der Waals surface area contributed by atoms with Gasteiger partial charge < -0.3 is 9.84 Å². The van der Waals surface area contributed by atoms with Crippen LogP contribution in [0.25, 0.3) is 16.6 Å². The largest absolute Gasteiger partial charge is 0.497 e. The summed E-state index contributed by atoms with van der Waals surface area (Å²) in [6.07, 6.45) is 2.94. The number of hydrogen-bond acceptors (Lipinski definition) is 4. The molecule has 132 valence electrons. The minimum atomic E-state index is -0.605. The van der Waals surface area contributed by atoms with Gasteiger partial charge in [-0.25, -0.2) is 9.37 Å². The zero-order chi connectivity index (χ0) is 18.3. The maximum atomic E-state index is 15.0.